The lowest BCUT2D eigenvalue weighted by Gasteiger charge is -2.35. The molecule has 1 aliphatic rings. The maximum Gasteiger partial charge on any atom is 0.260 e. The first-order valence-corrected chi connectivity index (χ1v) is 11.6. The van der Waals surface area contributed by atoms with Crippen LogP contribution in [0.3, 0.4) is 0 Å². The lowest BCUT2D eigenvalue weighted by atomic mass is 10.0. The van der Waals surface area contributed by atoms with E-state index in [0.29, 0.717) is 49.0 Å². The predicted molar refractivity (Wildman–Crippen MR) is 133 cm³/mol. The number of piperazine rings is 1. The molecule has 2 amide bonds. The van der Waals surface area contributed by atoms with E-state index in [1.54, 1.807) is 35.1 Å². The zero-order valence-electron chi connectivity index (χ0n) is 20.1. The summed E-state index contributed by atoms with van der Waals surface area (Å²) in [7, 11) is 3.10. The molecule has 0 atom stereocenters. The number of methoxy groups -OCH3 is 2. The van der Waals surface area contributed by atoms with Crippen LogP contribution < -0.4 is 14.2 Å². The van der Waals surface area contributed by atoms with Gasteiger partial charge in [0.2, 0.25) is 0 Å². The molecule has 1 fully saturated rings. The van der Waals surface area contributed by atoms with E-state index in [-0.39, 0.29) is 18.4 Å². The highest BCUT2D eigenvalue weighted by Gasteiger charge is 2.27. The molecule has 7 heteroatoms. The molecule has 1 saturated heterocycles. The average Bonchev–Trinajstić information content (AvgIpc) is 2.92. The van der Waals surface area contributed by atoms with Gasteiger partial charge < -0.3 is 24.0 Å². The minimum absolute atomic E-state index is 0.0357. The minimum Gasteiger partial charge on any atom is -0.497 e. The van der Waals surface area contributed by atoms with Crippen LogP contribution in [0.4, 0.5) is 0 Å². The monoisotopic (exact) mass is 474 g/mol. The van der Waals surface area contributed by atoms with Gasteiger partial charge in [0.1, 0.15) is 17.2 Å². The van der Waals surface area contributed by atoms with Crippen LogP contribution in [0.15, 0.2) is 72.8 Å². The maximum absolute atomic E-state index is 13.0. The van der Waals surface area contributed by atoms with Gasteiger partial charge in [-0.05, 0) is 29.3 Å². The molecule has 0 spiro atoms. The molecule has 1 heterocycles. The van der Waals surface area contributed by atoms with Gasteiger partial charge in [-0.15, -0.1) is 0 Å². The van der Waals surface area contributed by atoms with Crippen molar-refractivity contribution in [2.24, 2.45) is 0 Å². The average molecular weight is 475 g/mol. The molecule has 0 unspecified atom stereocenters. The molecule has 0 aliphatic carbocycles. The van der Waals surface area contributed by atoms with Crippen molar-refractivity contribution in [3.05, 3.63) is 89.5 Å². The minimum atomic E-state index is -0.123. The normalized spacial score (nSPS) is 13.3. The van der Waals surface area contributed by atoms with Crippen molar-refractivity contribution in [3.63, 3.8) is 0 Å². The van der Waals surface area contributed by atoms with E-state index in [1.807, 2.05) is 42.5 Å². The molecule has 0 bridgehead atoms. The fourth-order valence-electron chi connectivity index (χ4n) is 4.14. The number of nitrogens with zero attached hydrogens (tertiary/aromatic N) is 2. The second-order valence-corrected chi connectivity index (χ2v) is 8.30. The van der Waals surface area contributed by atoms with Crippen molar-refractivity contribution < 1.29 is 23.8 Å². The molecular formula is C28H30N2O5. The highest BCUT2D eigenvalue weighted by Crippen LogP contribution is 2.26. The highest BCUT2D eigenvalue weighted by molar-refractivity contribution is 5.97. The largest absolute Gasteiger partial charge is 0.497 e. The third kappa shape index (κ3) is 5.93. The number of hydrogen-bond donors (Lipinski definition) is 0. The summed E-state index contributed by atoms with van der Waals surface area (Å²) in [5, 5.41) is 0. The molecule has 0 saturated carbocycles. The molecule has 7 nitrogen and oxygen atoms in total. The van der Waals surface area contributed by atoms with Gasteiger partial charge >= 0.3 is 0 Å². The molecule has 35 heavy (non-hydrogen) atoms. The Morgan fingerprint density at radius 1 is 0.771 bits per heavy atom. The van der Waals surface area contributed by atoms with Crippen molar-refractivity contribution in [3.8, 4) is 17.2 Å². The molecule has 4 rings (SSSR count). The van der Waals surface area contributed by atoms with Gasteiger partial charge in [-0.25, -0.2) is 0 Å². The summed E-state index contributed by atoms with van der Waals surface area (Å²) in [6.07, 6.45) is 0.737. The third-order valence-electron chi connectivity index (χ3n) is 6.12. The van der Waals surface area contributed by atoms with Gasteiger partial charge in [-0.1, -0.05) is 48.5 Å². The molecule has 0 aromatic heterocycles. The number of ether oxygens (including phenoxy) is 3. The van der Waals surface area contributed by atoms with Crippen molar-refractivity contribution in [2.75, 3.05) is 47.0 Å². The summed E-state index contributed by atoms with van der Waals surface area (Å²) in [5.74, 6) is 1.59. The third-order valence-corrected chi connectivity index (χ3v) is 6.12. The van der Waals surface area contributed by atoms with E-state index < -0.39 is 0 Å². The zero-order valence-corrected chi connectivity index (χ0v) is 20.1. The Bertz CT molecular complexity index is 1160. The summed E-state index contributed by atoms with van der Waals surface area (Å²) in [6.45, 7) is 1.77. The van der Waals surface area contributed by atoms with Crippen LogP contribution in [0.2, 0.25) is 0 Å². The van der Waals surface area contributed by atoms with Crippen LogP contribution in [0, 0.1) is 0 Å². The second kappa shape index (κ2) is 11.4. The summed E-state index contributed by atoms with van der Waals surface area (Å²) >= 11 is 0. The van der Waals surface area contributed by atoms with Gasteiger partial charge in [-0.3, -0.25) is 9.59 Å². The van der Waals surface area contributed by atoms with Gasteiger partial charge in [0.05, 0.1) is 19.8 Å². The lowest BCUT2D eigenvalue weighted by molar-refractivity contribution is -0.134. The Hall–Kier alpha value is -4.00. The molecule has 3 aromatic carbocycles. The molecular weight excluding hydrogens is 444 g/mol. The first-order valence-electron chi connectivity index (χ1n) is 11.6. The number of carbonyl (C=O) groups is 2. The summed E-state index contributed by atoms with van der Waals surface area (Å²) < 4.78 is 16.5. The van der Waals surface area contributed by atoms with Crippen LogP contribution in [0.5, 0.6) is 17.2 Å². The smallest absolute Gasteiger partial charge is 0.260 e. The van der Waals surface area contributed by atoms with Crippen molar-refractivity contribution in [1.29, 1.82) is 0 Å². The molecule has 0 radical (unpaired) electrons. The van der Waals surface area contributed by atoms with Gasteiger partial charge in [-0.2, -0.15) is 0 Å². The number of benzene rings is 3. The number of para-hydroxylation sites is 1. The zero-order chi connectivity index (χ0) is 24.6. The van der Waals surface area contributed by atoms with Gasteiger partial charge in [0, 0.05) is 38.7 Å². The van der Waals surface area contributed by atoms with Crippen LogP contribution in [0.1, 0.15) is 21.5 Å². The summed E-state index contributed by atoms with van der Waals surface area (Å²) in [5.41, 5.74) is 2.70. The number of carbonyl (C=O) groups excluding carboxylic acids is 2. The Morgan fingerprint density at radius 2 is 1.46 bits per heavy atom. The fraction of sp³-hybridized carbons (Fsp3) is 0.286. The van der Waals surface area contributed by atoms with E-state index in [2.05, 4.69) is 12.1 Å². The van der Waals surface area contributed by atoms with Crippen LogP contribution in [-0.4, -0.2) is 68.6 Å². The van der Waals surface area contributed by atoms with Gasteiger partial charge in [0.25, 0.3) is 11.8 Å². The Labute approximate surface area is 205 Å². The topological polar surface area (TPSA) is 68.3 Å². The predicted octanol–water partition coefficient (Wildman–Crippen LogP) is 3.66. The lowest BCUT2D eigenvalue weighted by Crippen LogP contribution is -2.51. The molecule has 182 valence electrons. The van der Waals surface area contributed by atoms with E-state index in [0.717, 1.165) is 12.0 Å². The molecule has 1 aliphatic heterocycles. The van der Waals surface area contributed by atoms with Crippen LogP contribution in [0.25, 0.3) is 0 Å². The van der Waals surface area contributed by atoms with Crippen LogP contribution >= 0.6 is 0 Å². The number of amides is 2. The quantitative estimate of drug-likeness (QED) is 0.499. The SMILES string of the molecule is COc1ccc(C(=O)N2CCN(C(=O)COc3ccccc3Cc3ccccc3)CC2)c(OC)c1. The summed E-state index contributed by atoms with van der Waals surface area (Å²) in [6, 6.07) is 23.1. The van der Waals surface area contributed by atoms with E-state index >= 15 is 0 Å². The first-order chi connectivity index (χ1) is 17.1. The van der Waals surface area contributed by atoms with E-state index in [1.165, 1.54) is 12.7 Å². The molecule has 3 aromatic rings. The standard InChI is InChI=1S/C28H30N2O5/c1-33-23-12-13-24(26(19-23)34-2)28(32)30-16-14-29(15-17-30)27(31)20-35-25-11-7-6-10-22(25)18-21-8-4-3-5-9-21/h3-13,19H,14-18,20H2,1-2H3. The number of hydrogen-bond acceptors (Lipinski definition) is 5. The fourth-order valence-corrected chi connectivity index (χ4v) is 4.14. The van der Waals surface area contributed by atoms with Crippen molar-refractivity contribution in [2.45, 2.75) is 6.42 Å². The van der Waals surface area contributed by atoms with Crippen LogP contribution in [-0.2, 0) is 11.2 Å². The second-order valence-electron chi connectivity index (χ2n) is 8.30. The molecule has 0 N–H and O–H groups in total. The highest BCUT2D eigenvalue weighted by atomic mass is 16.5. The van der Waals surface area contributed by atoms with E-state index in [9.17, 15) is 9.59 Å². The first kappa shape index (κ1) is 24.1. The Morgan fingerprint density at radius 3 is 2.17 bits per heavy atom. The van der Waals surface area contributed by atoms with Crippen molar-refractivity contribution in [1.82, 2.24) is 9.80 Å². The number of rotatable bonds is 8. The van der Waals surface area contributed by atoms with Gasteiger partial charge in [0.15, 0.2) is 6.61 Å². The Kier molecular flexibility index (Phi) is 7.88. The Balaban J connectivity index is 1.31. The van der Waals surface area contributed by atoms with Crippen molar-refractivity contribution >= 4 is 11.8 Å². The summed E-state index contributed by atoms with van der Waals surface area (Å²) in [4.78, 5) is 29.3. The van der Waals surface area contributed by atoms with E-state index in [4.69, 9.17) is 14.2 Å². The maximum atomic E-state index is 13.0.